The lowest BCUT2D eigenvalue weighted by Crippen LogP contribution is -2.04. The largest absolute Gasteiger partial charge is 0.385 e. The maximum absolute atomic E-state index is 3.47. The van der Waals surface area contributed by atoms with Crippen molar-refractivity contribution in [1.82, 2.24) is 0 Å². The Morgan fingerprint density at radius 2 is 1.75 bits per heavy atom. The molecule has 84 valence electrons. The molecule has 0 aromatic heterocycles. The first-order chi connectivity index (χ1) is 7.75. The van der Waals surface area contributed by atoms with Crippen LogP contribution in [-0.2, 0) is 0 Å². The fourth-order valence-corrected chi connectivity index (χ4v) is 1.80. The second-order valence-electron chi connectivity index (χ2n) is 4.67. The Bertz CT molecular complexity index is 460. The smallest absolute Gasteiger partial charge is 0.0346 e. The van der Waals surface area contributed by atoms with Crippen molar-refractivity contribution in [3.63, 3.8) is 0 Å². The summed E-state index contributed by atoms with van der Waals surface area (Å²) in [6, 6.07) is 15.0. The monoisotopic (exact) mass is 213 g/mol. The molecule has 2 aromatic rings. The lowest BCUT2D eigenvalue weighted by atomic mass is 10.1. The standard InChI is InChI=1S/C15H19N/c1-12(2)9-10-16-15-8-7-13-5-3-4-6-14(13)11-15/h3-8,11-12,16H,9-10H2,1-2H3. The van der Waals surface area contributed by atoms with E-state index in [1.807, 2.05) is 0 Å². The third kappa shape index (κ3) is 2.75. The van der Waals surface area contributed by atoms with Crippen LogP contribution in [0.25, 0.3) is 10.8 Å². The fourth-order valence-electron chi connectivity index (χ4n) is 1.80. The van der Waals surface area contributed by atoms with Crippen molar-refractivity contribution < 1.29 is 0 Å². The Balaban J connectivity index is 2.08. The van der Waals surface area contributed by atoms with Gasteiger partial charge >= 0.3 is 0 Å². The van der Waals surface area contributed by atoms with Crippen molar-refractivity contribution in [2.75, 3.05) is 11.9 Å². The summed E-state index contributed by atoms with van der Waals surface area (Å²) in [6.07, 6.45) is 1.22. The minimum atomic E-state index is 0.757. The Morgan fingerprint density at radius 3 is 2.50 bits per heavy atom. The third-order valence-electron chi connectivity index (χ3n) is 2.80. The number of fused-ring (bicyclic) bond motifs is 1. The average molecular weight is 213 g/mol. The molecule has 16 heavy (non-hydrogen) atoms. The molecule has 0 atom stereocenters. The predicted octanol–water partition coefficient (Wildman–Crippen LogP) is 4.30. The van der Waals surface area contributed by atoms with Crippen LogP contribution in [0.4, 0.5) is 5.69 Å². The van der Waals surface area contributed by atoms with Gasteiger partial charge in [0.1, 0.15) is 0 Å². The molecular weight excluding hydrogens is 194 g/mol. The first-order valence-corrected chi connectivity index (χ1v) is 5.98. The van der Waals surface area contributed by atoms with E-state index in [0.717, 1.165) is 12.5 Å². The van der Waals surface area contributed by atoms with Gasteiger partial charge in [-0.25, -0.2) is 0 Å². The molecule has 0 saturated heterocycles. The minimum Gasteiger partial charge on any atom is -0.385 e. The number of rotatable bonds is 4. The average Bonchev–Trinajstić information content (AvgIpc) is 2.28. The molecule has 0 heterocycles. The van der Waals surface area contributed by atoms with Gasteiger partial charge < -0.3 is 5.32 Å². The molecule has 0 aliphatic rings. The van der Waals surface area contributed by atoms with Gasteiger partial charge in [0.15, 0.2) is 0 Å². The van der Waals surface area contributed by atoms with E-state index in [1.54, 1.807) is 0 Å². The van der Waals surface area contributed by atoms with Crippen molar-refractivity contribution in [2.45, 2.75) is 20.3 Å². The second-order valence-corrected chi connectivity index (χ2v) is 4.67. The van der Waals surface area contributed by atoms with Crippen LogP contribution in [0.15, 0.2) is 42.5 Å². The minimum absolute atomic E-state index is 0.757. The Kier molecular flexibility index (Phi) is 3.45. The summed E-state index contributed by atoms with van der Waals surface area (Å²) in [7, 11) is 0. The van der Waals surface area contributed by atoms with Crippen LogP contribution in [0.5, 0.6) is 0 Å². The van der Waals surface area contributed by atoms with Gasteiger partial charge in [0.2, 0.25) is 0 Å². The molecule has 0 unspecified atom stereocenters. The zero-order chi connectivity index (χ0) is 11.4. The summed E-state index contributed by atoms with van der Waals surface area (Å²) in [5.74, 6) is 0.757. The molecule has 1 N–H and O–H groups in total. The van der Waals surface area contributed by atoms with Crippen LogP contribution < -0.4 is 5.32 Å². The lowest BCUT2D eigenvalue weighted by Gasteiger charge is -2.09. The van der Waals surface area contributed by atoms with Crippen LogP contribution in [0, 0.1) is 5.92 Å². The molecule has 1 heteroatoms. The number of benzene rings is 2. The fraction of sp³-hybridized carbons (Fsp3) is 0.333. The van der Waals surface area contributed by atoms with Gasteiger partial charge in [-0.05, 0) is 35.2 Å². The molecule has 2 aromatic carbocycles. The van der Waals surface area contributed by atoms with Crippen molar-refractivity contribution in [3.05, 3.63) is 42.5 Å². The first-order valence-electron chi connectivity index (χ1n) is 5.98. The first kappa shape index (κ1) is 11.0. The highest BCUT2D eigenvalue weighted by atomic mass is 14.9. The van der Waals surface area contributed by atoms with Crippen LogP contribution in [-0.4, -0.2) is 6.54 Å². The SMILES string of the molecule is CC(C)CCNc1ccc2ccccc2c1. The second kappa shape index (κ2) is 5.02. The molecule has 0 amide bonds. The van der Waals surface area contributed by atoms with Crippen LogP contribution in [0.1, 0.15) is 20.3 Å². The lowest BCUT2D eigenvalue weighted by molar-refractivity contribution is 0.607. The topological polar surface area (TPSA) is 12.0 Å². The van der Waals surface area contributed by atoms with Gasteiger partial charge in [-0.1, -0.05) is 44.2 Å². The zero-order valence-corrected chi connectivity index (χ0v) is 10.0. The molecule has 0 bridgehead atoms. The normalized spacial score (nSPS) is 10.9. The van der Waals surface area contributed by atoms with E-state index in [4.69, 9.17) is 0 Å². The van der Waals surface area contributed by atoms with Gasteiger partial charge in [-0.15, -0.1) is 0 Å². The summed E-state index contributed by atoms with van der Waals surface area (Å²) >= 11 is 0. The summed E-state index contributed by atoms with van der Waals surface area (Å²) in [5, 5.41) is 6.07. The van der Waals surface area contributed by atoms with Crippen LogP contribution >= 0.6 is 0 Å². The maximum atomic E-state index is 3.47. The van der Waals surface area contributed by atoms with Crippen LogP contribution in [0.2, 0.25) is 0 Å². The van der Waals surface area contributed by atoms with E-state index in [2.05, 4.69) is 61.6 Å². The molecule has 2 rings (SSSR count). The molecule has 1 nitrogen and oxygen atoms in total. The predicted molar refractivity (Wildman–Crippen MR) is 71.9 cm³/mol. The Labute approximate surface area is 97.5 Å². The number of hydrogen-bond acceptors (Lipinski definition) is 1. The molecular formula is C15H19N. The molecule has 0 fully saturated rings. The highest BCUT2D eigenvalue weighted by molar-refractivity contribution is 5.85. The highest BCUT2D eigenvalue weighted by Crippen LogP contribution is 2.18. The summed E-state index contributed by atoms with van der Waals surface area (Å²) in [4.78, 5) is 0. The highest BCUT2D eigenvalue weighted by Gasteiger charge is 1.96. The Morgan fingerprint density at radius 1 is 1.00 bits per heavy atom. The van der Waals surface area contributed by atoms with E-state index in [0.29, 0.717) is 0 Å². The van der Waals surface area contributed by atoms with Gasteiger partial charge in [0, 0.05) is 12.2 Å². The van der Waals surface area contributed by atoms with E-state index in [9.17, 15) is 0 Å². The van der Waals surface area contributed by atoms with Gasteiger partial charge in [-0.3, -0.25) is 0 Å². The maximum Gasteiger partial charge on any atom is 0.0346 e. The van der Waals surface area contributed by atoms with Gasteiger partial charge in [0.25, 0.3) is 0 Å². The zero-order valence-electron chi connectivity index (χ0n) is 10.0. The summed E-state index contributed by atoms with van der Waals surface area (Å²) < 4.78 is 0. The Hall–Kier alpha value is -1.50. The van der Waals surface area contributed by atoms with Crippen molar-refractivity contribution in [3.8, 4) is 0 Å². The van der Waals surface area contributed by atoms with E-state index in [-0.39, 0.29) is 0 Å². The quantitative estimate of drug-likeness (QED) is 0.798. The number of nitrogens with one attached hydrogen (secondary N) is 1. The van der Waals surface area contributed by atoms with Crippen molar-refractivity contribution in [2.24, 2.45) is 5.92 Å². The summed E-state index contributed by atoms with van der Waals surface area (Å²) in [6.45, 7) is 5.56. The van der Waals surface area contributed by atoms with Gasteiger partial charge in [-0.2, -0.15) is 0 Å². The summed E-state index contributed by atoms with van der Waals surface area (Å²) in [5.41, 5.74) is 1.22. The molecule has 0 radical (unpaired) electrons. The molecule has 0 aliphatic heterocycles. The number of hydrogen-bond donors (Lipinski definition) is 1. The van der Waals surface area contributed by atoms with Crippen molar-refractivity contribution >= 4 is 16.5 Å². The number of anilines is 1. The van der Waals surface area contributed by atoms with E-state index >= 15 is 0 Å². The van der Waals surface area contributed by atoms with Crippen LogP contribution in [0.3, 0.4) is 0 Å². The molecule has 0 spiro atoms. The molecule has 0 aliphatic carbocycles. The van der Waals surface area contributed by atoms with E-state index < -0.39 is 0 Å². The molecule has 0 saturated carbocycles. The van der Waals surface area contributed by atoms with Crippen molar-refractivity contribution in [1.29, 1.82) is 0 Å². The third-order valence-corrected chi connectivity index (χ3v) is 2.80. The van der Waals surface area contributed by atoms with E-state index in [1.165, 1.54) is 22.9 Å². The van der Waals surface area contributed by atoms with Gasteiger partial charge in [0.05, 0.1) is 0 Å².